The summed E-state index contributed by atoms with van der Waals surface area (Å²) in [5, 5.41) is 5.33. The number of aryl methyl sites for hydroxylation is 1. The number of carbonyl (C=O) groups is 1. The van der Waals surface area contributed by atoms with Crippen molar-refractivity contribution in [2.75, 3.05) is 13.7 Å². The second-order valence-corrected chi connectivity index (χ2v) is 7.17. The largest absolute Gasteiger partial charge is 0.465 e. The molecule has 0 saturated heterocycles. The van der Waals surface area contributed by atoms with Crippen molar-refractivity contribution >= 4 is 17.3 Å². The smallest absolute Gasteiger partial charge is 0.348 e. The van der Waals surface area contributed by atoms with Crippen molar-refractivity contribution in [1.29, 1.82) is 0 Å². The molecule has 4 rings (SSSR count). The topological polar surface area (TPSA) is 64.1 Å². The first kappa shape index (κ1) is 16.9. The maximum absolute atomic E-state index is 11.8. The Balaban J connectivity index is 1.87. The molecule has 0 radical (unpaired) electrons. The Bertz CT molecular complexity index is 981. The normalized spacial score (nSPS) is 13.3. The number of thiophene rings is 1. The lowest BCUT2D eigenvalue weighted by atomic mass is 9.97. The number of esters is 1. The second kappa shape index (κ2) is 6.97. The molecule has 5 nitrogen and oxygen atoms in total. The van der Waals surface area contributed by atoms with E-state index in [-0.39, 0.29) is 5.97 Å². The standard InChI is InChI=1S/C20H19N3O2S/c1-12-5-3-4-6-14(12)18-15-10-21-8-7-16(15)22-19(23-18)13-9-17(26-11-13)20(24)25-2/h3-6,9,11,21H,7-8,10H2,1-2H3. The first-order valence-electron chi connectivity index (χ1n) is 8.51. The molecule has 1 aromatic carbocycles. The van der Waals surface area contributed by atoms with Crippen LogP contribution in [-0.2, 0) is 17.7 Å². The summed E-state index contributed by atoms with van der Waals surface area (Å²) in [6, 6.07) is 10.1. The molecule has 0 saturated carbocycles. The molecular weight excluding hydrogens is 346 g/mol. The highest BCUT2D eigenvalue weighted by molar-refractivity contribution is 7.12. The van der Waals surface area contributed by atoms with Gasteiger partial charge in [-0.15, -0.1) is 11.3 Å². The van der Waals surface area contributed by atoms with E-state index in [1.54, 1.807) is 6.07 Å². The zero-order chi connectivity index (χ0) is 18.1. The number of ether oxygens (including phenoxy) is 1. The lowest BCUT2D eigenvalue weighted by Gasteiger charge is -2.21. The van der Waals surface area contributed by atoms with E-state index in [0.29, 0.717) is 10.7 Å². The van der Waals surface area contributed by atoms with Gasteiger partial charge in [0.05, 0.1) is 18.5 Å². The third-order valence-electron chi connectivity index (χ3n) is 4.58. The molecule has 0 amide bonds. The Hall–Kier alpha value is -2.57. The van der Waals surface area contributed by atoms with Gasteiger partial charge in [0.1, 0.15) is 4.88 Å². The van der Waals surface area contributed by atoms with Crippen LogP contribution in [0.1, 0.15) is 26.5 Å². The summed E-state index contributed by atoms with van der Waals surface area (Å²) in [5.41, 5.74) is 6.38. The van der Waals surface area contributed by atoms with E-state index in [4.69, 9.17) is 14.7 Å². The molecule has 0 fully saturated rings. The fourth-order valence-corrected chi connectivity index (χ4v) is 4.00. The van der Waals surface area contributed by atoms with Crippen LogP contribution in [0.25, 0.3) is 22.6 Å². The predicted molar refractivity (Wildman–Crippen MR) is 102 cm³/mol. The van der Waals surface area contributed by atoms with Crippen LogP contribution in [0.5, 0.6) is 0 Å². The zero-order valence-corrected chi connectivity index (χ0v) is 15.5. The Kier molecular flexibility index (Phi) is 4.53. The minimum Gasteiger partial charge on any atom is -0.465 e. The molecule has 0 unspecified atom stereocenters. The lowest BCUT2D eigenvalue weighted by molar-refractivity contribution is 0.0606. The van der Waals surface area contributed by atoms with Gasteiger partial charge in [0.25, 0.3) is 0 Å². The van der Waals surface area contributed by atoms with Crippen LogP contribution in [0, 0.1) is 6.92 Å². The zero-order valence-electron chi connectivity index (χ0n) is 14.7. The highest BCUT2D eigenvalue weighted by Crippen LogP contribution is 2.32. The van der Waals surface area contributed by atoms with E-state index in [0.717, 1.165) is 47.6 Å². The number of aromatic nitrogens is 2. The quantitative estimate of drug-likeness (QED) is 0.718. The van der Waals surface area contributed by atoms with E-state index < -0.39 is 0 Å². The Morgan fingerprint density at radius 1 is 1.27 bits per heavy atom. The second-order valence-electron chi connectivity index (χ2n) is 6.25. The van der Waals surface area contributed by atoms with Crippen LogP contribution < -0.4 is 5.32 Å². The number of rotatable bonds is 3. The first-order valence-corrected chi connectivity index (χ1v) is 9.39. The van der Waals surface area contributed by atoms with Crippen LogP contribution in [0.3, 0.4) is 0 Å². The highest BCUT2D eigenvalue weighted by Gasteiger charge is 2.21. The van der Waals surface area contributed by atoms with Gasteiger partial charge in [-0.05, 0) is 18.6 Å². The number of nitrogens with one attached hydrogen (secondary N) is 1. The van der Waals surface area contributed by atoms with Crippen LogP contribution in [0.4, 0.5) is 0 Å². The Morgan fingerprint density at radius 3 is 2.92 bits per heavy atom. The molecule has 2 aromatic heterocycles. The van der Waals surface area contributed by atoms with Crippen LogP contribution in [0.15, 0.2) is 35.7 Å². The fourth-order valence-electron chi connectivity index (χ4n) is 3.19. The van der Waals surface area contributed by atoms with E-state index in [2.05, 4.69) is 24.4 Å². The first-order chi connectivity index (χ1) is 12.7. The van der Waals surface area contributed by atoms with Gasteiger partial charge >= 0.3 is 5.97 Å². The van der Waals surface area contributed by atoms with Gasteiger partial charge in [-0.1, -0.05) is 24.3 Å². The van der Waals surface area contributed by atoms with Gasteiger partial charge in [0.2, 0.25) is 0 Å². The summed E-state index contributed by atoms with van der Waals surface area (Å²) in [5.74, 6) is 0.331. The molecule has 0 aliphatic carbocycles. The van der Waals surface area contributed by atoms with Crippen molar-refractivity contribution in [2.45, 2.75) is 19.9 Å². The molecule has 26 heavy (non-hydrogen) atoms. The van der Waals surface area contributed by atoms with E-state index in [1.807, 2.05) is 17.5 Å². The van der Waals surface area contributed by atoms with Gasteiger partial charge in [0, 0.05) is 41.6 Å². The van der Waals surface area contributed by atoms with E-state index in [9.17, 15) is 4.79 Å². The van der Waals surface area contributed by atoms with Gasteiger partial charge in [-0.2, -0.15) is 0 Å². The van der Waals surface area contributed by atoms with Gasteiger partial charge in [-0.3, -0.25) is 0 Å². The number of carbonyl (C=O) groups excluding carboxylic acids is 1. The number of nitrogens with zero attached hydrogens (tertiary/aromatic N) is 2. The van der Waals surface area contributed by atoms with Gasteiger partial charge in [0.15, 0.2) is 5.82 Å². The molecule has 0 spiro atoms. The maximum Gasteiger partial charge on any atom is 0.348 e. The van der Waals surface area contributed by atoms with Crippen molar-refractivity contribution in [3.63, 3.8) is 0 Å². The monoisotopic (exact) mass is 365 g/mol. The minimum absolute atomic E-state index is 0.331. The molecule has 1 N–H and O–H groups in total. The van der Waals surface area contributed by atoms with Crippen molar-refractivity contribution in [1.82, 2.24) is 15.3 Å². The number of hydrogen-bond donors (Lipinski definition) is 1. The maximum atomic E-state index is 11.8. The van der Waals surface area contributed by atoms with Crippen LogP contribution in [-0.4, -0.2) is 29.6 Å². The molecular formula is C20H19N3O2S. The van der Waals surface area contributed by atoms with Gasteiger partial charge < -0.3 is 10.1 Å². The summed E-state index contributed by atoms with van der Waals surface area (Å²) < 4.78 is 4.81. The summed E-state index contributed by atoms with van der Waals surface area (Å²) in [6.45, 7) is 3.78. The molecule has 1 aliphatic rings. The van der Waals surface area contributed by atoms with Crippen molar-refractivity contribution in [2.24, 2.45) is 0 Å². The summed E-state index contributed by atoms with van der Waals surface area (Å²) in [6.07, 6.45) is 0.873. The average Bonchev–Trinajstić information content (AvgIpc) is 3.17. The molecule has 132 valence electrons. The van der Waals surface area contributed by atoms with Crippen molar-refractivity contribution in [3.8, 4) is 22.6 Å². The SMILES string of the molecule is COC(=O)c1cc(-c2nc3c(c(-c4ccccc4C)n2)CNCC3)cs1. The highest BCUT2D eigenvalue weighted by atomic mass is 32.1. The van der Waals surface area contributed by atoms with Crippen molar-refractivity contribution in [3.05, 3.63) is 57.4 Å². The van der Waals surface area contributed by atoms with E-state index >= 15 is 0 Å². The molecule has 3 aromatic rings. The predicted octanol–water partition coefficient (Wildman–Crippen LogP) is 3.61. The minimum atomic E-state index is -0.331. The number of hydrogen-bond acceptors (Lipinski definition) is 6. The Labute approximate surface area is 156 Å². The third-order valence-corrected chi connectivity index (χ3v) is 5.49. The number of benzene rings is 1. The third kappa shape index (κ3) is 3.02. The van der Waals surface area contributed by atoms with Gasteiger partial charge in [-0.25, -0.2) is 14.8 Å². The molecule has 0 atom stereocenters. The summed E-state index contributed by atoms with van der Waals surface area (Å²) in [7, 11) is 1.39. The van der Waals surface area contributed by atoms with E-state index in [1.165, 1.54) is 24.0 Å². The molecule has 3 heterocycles. The fraction of sp³-hybridized carbons (Fsp3) is 0.250. The molecule has 1 aliphatic heterocycles. The Morgan fingerprint density at radius 2 is 2.12 bits per heavy atom. The average molecular weight is 365 g/mol. The number of fused-ring (bicyclic) bond motifs is 1. The molecule has 0 bridgehead atoms. The van der Waals surface area contributed by atoms with Crippen LogP contribution >= 0.6 is 11.3 Å². The van der Waals surface area contributed by atoms with Crippen LogP contribution in [0.2, 0.25) is 0 Å². The van der Waals surface area contributed by atoms with Crippen molar-refractivity contribution < 1.29 is 9.53 Å². The molecule has 6 heteroatoms. The summed E-state index contributed by atoms with van der Waals surface area (Å²) >= 11 is 1.35. The number of methoxy groups -OCH3 is 1. The summed E-state index contributed by atoms with van der Waals surface area (Å²) in [4.78, 5) is 22.0. The lowest BCUT2D eigenvalue weighted by Crippen LogP contribution is -2.26.